The Balaban J connectivity index is 2.21. The molecule has 0 radical (unpaired) electrons. The molecule has 0 saturated carbocycles. The summed E-state index contributed by atoms with van der Waals surface area (Å²) in [6.07, 6.45) is 3.96. The van der Waals surface area contributed by atoms with E-state index >= 15 is 0 Å². The van der Waals surface area contributed by atoms with Crippen molar-refractivity contribution in [3.63, 3.8) is 0 Å². The SMILES string of the molecule is O=C(c1ccc(Br)cc1O)N1CCCCC1CCCl. The summed E-state index contributed by atoms with van der Waals surface area (Å²) in [5, 5.41) is 9.91. The molecule has 0 bridgehead atoms. The molecule has 3 nitrogen and oxygen atoms in total. The number of carbonyl (C=O) groups excluding carboxylic acids is 1. The molecule has 104 valence electrons. The average molecular weight is 347 g/mol. The Labute approximate surface area is 126 Å². The van der Waals surface area contributed by atoms with E-state index in [2.05, 4.69) is 15.9 Å². The van der Waals surface area contributed by atoms with Crippen molar-refractivity contribution >= 4 is 33.4 Å². The second-order valence-corrected chi connectivity index (χ2v) is 6.08. The topological polar surface area (TPSA) is 40.5 Å². The van der Waals surface area contributed by atoms with E-state index in [-0.39, 0.29) is 17.7 Å². The van der Waals surface area contributed by atoms with Gasteiger partial charge in [-0.2, -0.15) is 0 Å². The van der Waals surface area contributed by atoms with Gasteiger partial charge in [0.05, 0.1) is 5.56 Å². The molecule has 1 unspecified atom stereocenters. The minimum absolute atomic E-state index is 0.0228. The number of hydrogen-bond donors (Lipinski definition) is 1. The van der Waals surface area contributed by atoms with Gasteiger partial charge < -0.3 is 10.0 Å². The number of benzene rings is 1. The number of carbonyl (C=O) groups is 1. The highest BCUT2D eigenvalue weighted by molar-refractivity contribution is 9.10. The van der Waals surface area contributed by atoms with Gasteiger partial charge in [0.15, 0.2) is 0 Å². The van der Waals surface area contributed by atoms with Crippen molar-refractivity contribution in [1.82, 2.24) is 4.90 Å². The van der Waals surface area contributed by atoms with Crippen LogP contribution in [-0.2, 0) is 0 Å². The van der Waals surface area contributed by atoms with Gasteiger partial charge in [0.2, 0.25) is 0 Å². The number of aromatic hydroxyl groups is 1. The first-order valence-corrected chi connectivity index (χ1v) is 7.81. The van der Waals surface area contributed by atoms with Crippen molar-refractivity contribution in [3.8, 4) is 5.75 Å². The standard InChI is InChI=1S/C14H17BrClNO2/c15-10-4-5-12(13(18)9-10)14(19)17-8-2-1-3-11(17)6-7-16/h4-5,9,11,18H,1-3,6-8H2. The molecule has 19 heavy (non-hydrogen) atoms. The first kappa shape index (κ1) is 14.7. The van der Waals surface area contributed by atoms with Crippen LogP contribution < -0.4 is 0 Å². The number of phenols is 1. The van der Waals surface area contributed by atoms with E-state index in [1.54, 1.807) is 18.2 Å². The molecule has 5 heteroatoms. The Morgan fingerprint density at radius 3 is 2.95 bits per heavy atom. The number of alkyl halides is 1. The van der Waals surface area contributed by atoms with Crippen molar-refractivity contribution in [2.75, 3.05) is 12.4 Å². The molecule has 1 aliphatic heterocycles. The lowest BCUT2D eigenvalue weighted by Gasteiger charge is -2.35. The number of halogens is 2. The third-order valence-electron chi connectivity index (χ3n) is 3.52. The third-order valence-corrected chi connectivity index (χ3v) is 4.23. The molecule has 1 fully saturated rings. The summed E-state index contributed by atoms with van der Waals surface area (Å²) in [6.45, 7) is 0.746. The van der Waals surface area contributed by atoms with Crippen LogP contribution in [0.2, 0.25) is 0 Å². The maximum atomic E-state index is 12.5. The van der Waals surface area contributed by atoms with E-state index in [0.29, 0.717) is 11.4 Å². The lowest BCUT2D eigenvalue weighted by atomic mass is 9.98. The Morgan fingerprint density at radius 1 is 1.47 bits per heavy atom. The van der Waals surface area contributed by atoms with Crippen LogP contribution in [0.15, 0.2) is 22.7 Å². The number of nitrogens with zero attached hydrogens (tertiary/aromatic N) is 1. The van der Waals surface area contributed by atoms with Crippen LogP contribution in [0.4, 0.5) is 0 Å². The van der Waals surface area contributed by atoms with Crippen LogP contribution in [0, 0.1) is 0 Å². The van der Waals surface area contributed by atoms with Gasteiger partial charge in [-0.1, -0.05) is 15.9 Å². The number of piperidine rings is 1. The molecule has 1 heterocycles. The number of phenolic OH excluding ortho intramolecular Hbond substituents is 1. The van der Waals surface area contributed by atoms with Gasteiger partial charge >= 0.3 is 0 Å². The minimum atomic E-state index is -0.0974. The summed E-state index contributed by atoms with van der Waals surface area (Å²) in [4.78, 5) is 14.4. The summed E-state index contributed by atoms with van der Waals surface area (Å²) in [6, 6.07) is 5.18. The van der Waals surface area contributed by atoms with Gasteiger partial charge in [0, 0.05) is 22.9 Å². The summed E-state index contributed by atoms with van der Waals surface area (Å²) in [5.41, 5.74) is 0.365. The largest absolute Gasteiger partial charge is 0.507 e. The number of amides is 1. The number of likely N-dealkylation sites (tertiary alicyclic amines) is 1. The maximum absolute atomic E-state index is 12.5. The first-order chi connectivity index (χ1) is 9.13. The van der Waals surface area contributed by atoms with E-state index < -0.39 is 0 Å². The Morgan fingerprint density at radius 2 is 2.26 bits per heavy atom. The summed E-state index contributed by atoms with van der Waals surface area (Å²) in [7, 11) is 0. The van der Waals surface area contributed by atoms with Crippen LogP contribution in [0.3, 0.4) is 0 Å². The Bertz CT molecular complexity index is 465. The van der Waals surface area contributed by atoms with Crippen molar-refractivity contribution in [3.05, 3.63) is 28.2 Å². The zero-order valence-corrected chi connectivity index (χ0v) is 13.0. The summed E-state index contributed by atoms with van der Waals surface area (Å²) < 4.78 is 0.762. The molecule has 1 aliphatic rings. The first-order valence-electron chi connectivity index (χ1n) is 6.49. The molecule has 1 atom stereocenters. The van der Waals surface area contributed by atoms with Crippen molar-refractivity contribution in [1.29, 1.82) is 0 Å². The van der Waals surface area contributed by atoms with E-state index in [1.165, 1.54) is 0 Å². The molecule has 0 aromatic heterocycles. The zero-order valence-electron chi connectivity index (χ0n) is 10.6. The van der Waals surface area contributed by atoms with Gasteiger partial charge in [-0.25, -0.2) is 0 Å². The minimum Gasteiger partial charge on any atom is -0.507 e. The lowest BCUT2D eigenvalue weighted by molar-refractivity contribution is 0.0606. The molecular formula is C14H17BrClNO2. The zero-order chi connectivity index (χ0) is 13.8. The average Bonchev–Trinajstić information content (AvgIpc) is 2.39. The molecule has 1 aromatic rings. The maximum Gasteiger partial charge on any atom is 0.257 e. The second-order valence-electron chi connectivity index (χ2n) is 4.79. The molecular weight excluding hydrogens is 330 g/mol. The van der Waals surface area contributed by atoms with Crippen LogP contribution in [-0.4, -0.2) is 34.4 Å². The predicted octanol–water partition coefficient (Wildman–Crippen LogP) is 3.78. The smallest absolute Gasteiger partial charge is 0.257 e. The monoisotopic (exact) mass is 345 g/mol. The van der Waals surface area contributed by atoms with E-state index in [4.69, 9.17) is 11.6 Å². The van der Waals surface area contributed by atoms with Crippen molar-refractivity contribution in [2.45, 2.75) is 31.7 Å². The Kier molecular flexibility index (Phi) is 5.11. The van der Waals surface area contributed by atoms with Crippen LogP contribution in [0.5, 0.6) is 5.75 Å². The molecule has 1 N–H and O–H groups in total. The fourth-order valence-electron chi connectivity index (χ4n) is 2.53. The fraction of sp³-hybridized carbons (Fsp3) is 0.500. The summed E-state index contributed by atoms with van der Waals surface area (Å²) in [5.74, 6) is 0.482. The quantitative estimate of drug-likeness (QED) is 0.846. The molecule has 1 saturated heterocycles. The second kappa shape index (κ2) is 6.62. The lowest BCUT2D eigenvalue weighted by Crippen LogP contribution is -2.44. The molecule has 2 rings (SSSR count). The van der Waals surface area contributed by atoms with E-state index in [1.807, 2.05) is 4.90 Å². The summed E-state index contributed by atoms with van der Waals surface area (Å²) >= 11 is 9.09. The van der Waals surface area contributed by atoms with Crippen LogP contribution in [0.25, 0.3) is 0 Å². The molecule has 1 amide bonds. The predicted molar refractivity (Wildman–Crippen MR) is 79.8 cm³/mol. The van der Waals surface area contributed by atoms with Crippen LogP contribution >= 0.6 is 27.5 Å². The highest BCUT2D eigenvalue weighted by Crippen LogP contribution is 2.27. The van der Waals surface area contributed by atoms with Gasteiger partial charge in [-0.3, -0.25) is 4.79 Å². The van der Waals surface area contributed by atoms with Crippen molar-refractivity contribution < 1.29 is 9.90 Å². The third kappa shape index (κ3) is 3.42. The molecule has 0 spiro atoms. The van der Waals surface area contributed by atoms with Crippen LogP contribution in [0.1, 0.15) is 36.0 Å². The van der Waals surface area contributed by atoms with Gasteiger partial charge in [0.1, 0.15) is 5.75 Å². The fourth-order valence-corrected chi connectivity index (χ4v) is 3.14. The van der Waals surface area contributed by atoms with E-state index in [9.17, 15) is 9.90 Å². The highest BCUT2D eigenvalue weighted by atomic mass is 79.9. The van der Waals surface area contributed by atoms with Crippen molar-refractivity contribution in [2.24, 2.45) is 0 Å². The normalized spacial score (nSPS) is 19.5. The number of rotatable bonds is 3. The molecule has 1 aromatic carbocycles. The van der Waals surface area contributed by atoms with Gasteiger partial charge in [0.25, 0.3) is 5.91 Å². The highest BCUT2D eigenvalue weighted by Gasteiger charge is 2.28. The number of hydrogen-bond acceptors (Lipinski definition) is 2. The van der Waals surface area contributed by atoms with E-state index in [0.717, 1.165) is 36.7 Å². The van der Waals surface area contributed by atoms with Gasteiger partial charge in [-0.15, -0.1) is 11.6 Å². The van der Waals surface area contributed by atoms with Gasteiger partial charge in [-0.05, 0) is 43.9 Å². The Hall–Kier alpha value is -0.740. The molecule has 0 aliphatic carbocycles.